The topological polar surface area (TPSA) is 53.5 Å². The van der Waals surface area contributed by atoms with E-state index in [4.69, 9.17) is 4.74 Å². The van der Waals surface area contributed by atoms with E-state index in [9.17, 15) is 13.2 Å². The summed E-state index contributed by atoms with van der Waals surface area (Å²) in [6.45, 7) is 4.40. The van der Waals surface area contributed by atoms with Crippen LogP contribution in [0.2, 0.25) is 0 Å². The van der Waals surface area contributed by atoms with Gasteiger partial charge in [0.2, 0.25) is 0 Å². The standard InChI is InChI=1S/C20H24F3N5O/c21-20(22,23)15-2-1-3-17(12-15)27-6-4-16(5-7-27)26-18-13-19(25-14-24-18)28-8-10-29-11-9-28/h1-3,12-14,16H,4-11H2,(H,24,25,26). The van der Waals surface area contributed by atoms with Crippen molar-refractivity contribution in [1.82, 2.24) is 9.97 Å². The molecular formula is C20H24F3N5O. The summed E-state index contributed by atoms with van der Waals surface area (Å²) in [5.74, 6) is 1.66. The monoisotopic (exact) mass is 407 g/mol. The predicted molar refractivity (Wildman–Crippen MR) is 105 cm³/mol. The maximum atomic E-state index is 13.0. The molecule has 3 heterocycles. The summed E-state index contributed by atoms with van der Waals surface area (Å²) < 4.78 is 44.2. The Morgan fingerprint density at radius 2 is 1.72 bits per heavy atom. The minimum atomic E-state index is -4.32. The highest BCUT2D eigenvalue weighted by Crippen LogP contribution is 2.32. The Kier molecular flexibility index (Phi) is 5.75. The zero-order valence-corrected chi connectivity index (χ0v) is 16.0. The van der Waals surface area contributed by atoms with Gasteiger partial charge in [0.1, 0.15) is 18.0 Å². The molecule has 1 N–H and O–H groups in total. The van der Waals surface area contributed by atoms with Crippen molar-refractivity contribution in [2.75, 3.05) is 54.5 Å². The van der Waals surface area contributed by atoms with Crippen LogP contribution < -0.4 is 15.1 Å². The van der Waals surface area contributed by atoms with Gasteiger partial charge in [0.05, 0.1) is 18.8 Å². The van der Waals surface area contributed by atoms with Gasteiger partial charge in [0.15, 0.2) is 0 Å². The lowest BCUT2D eigenvalue weighted by atomic mass is 10.0. The van der Waals surface area contributed by atoms with Gasteiger partial charge in [-0.2, -0.15) is 13.2 Å². The minimum absolute atomic E-state index is 0.226. The lowest BCUT2D eigenvalue weighted by molar-refractivity contribution is -0.137. The van der Waals surface area contributed by atoms with Crippen LogP contribution in [-0.2, 0) is 10.9 Å². The van der Waals surface area contributed by atoms with E-state index in [1.54, 1.807) is 12.4 Å². The van der Waals surface area contributed by atoms with Crippen molar-refractivity contribution in [3.63, 3.8) is 0 Å². The molecule has 2 aliphatic heterocycles. The number of halogens is 3. The van der Waals surface area contributed by atoms with Crippen molar-refractivity contribution in [1.29, 1.82) is 0 Å². The molecule has 0 bridgehead atoms. The van der Waals surface area contributed by atoms with Gasteiger partial charge < -0.3 is 19.9 Å². The van der Waals surface area contributed by atoms with Gasteiger partial charge in [0.25, 0.3) is 0 Å². The highest BCUT2D eigenvalue weighted by atomic mass is 19.4. The Morgan fingerprint density at radius 1 is 0.966 bits per heavy atom. The SMILES string of the molecule is FC(F)(F)c1cccc(N2CCC(Nc3cc(N4CCOCC4)ncn3)CC2)c1. The molecule has 0 aliphatic carbocycles. The summed E-state index contributed by atoms with van der Waals surface area (Å²) in [6, 6.07) is 7.72. The third kappa shape index (κ3) is 4.90. The number of aromatic nitrogens is 2. The summed E-state index contributed by atoms with van der Waals surface area (Å²) >= 11 is 0. The van der Waals surface area contributed by atoms with Crippen LogP contribution in [0.3, 0.4) is 0 Å². The summed E-state index contributed by atoms with van der Waals surface area (Å²) in [7, 11) is 0. The summed E-state index contributed by atoms with van der Waals surface area (Å²) in [5, 5.41) is 3.45. The van der Waals surface area contributed by atoms with Crippen molar-refractivity contribution < 1.29 is 17.9 Å². The molecule has 29 heavy (non-hydrogen) atoms. The van der Waals surface area contributed by atoms with Crippen LogP contribution in [-0.4, -0.2) is 55.4 Å². The number of nitrogens with one attached hydrogen (secondary N) is 1. The van der Waals surface area contributed by atoms with Gasteiger partial charge in [-0.1, -0.05) is 6.07 Å². The second-order valence-electron chi connectivity index (χ2n) is 7.31. The van der Waals surface area contributed by atoms with E-state index in [1.807, 2.05) is 11.0 Å². The van der Waals surface area contributed by atoms with Crippen molar-refractivity contribution >= 4 is 17.3 Å². The van der Waals surface area contributed by atoms with Crippen LogP contribution in [0.1, 0.15) is 18.4 Å². The van der Waals surface area contributed by atoms with Crippen LogP contribution in [0.4, 0.5) is 30.5 Å². The first-order chi connectivity index (χ1) is 14.0. The molecule has 2 aliphatic rings. The summed E-state index contributed by atoms with van der Waals surface area (Å²) in [5.41, 5.74) is 0.0155. The van der Waals surface area contributed by atoms with Gasteiger partial charge in [0, 0.05) is 44.0 Å². The van der Waals surface area contributed by atoms with Crippen molar-refractivity contribution in [3.8, 4) is 0 Å². The first-order valence-corrected chi connectivity index (χ1v) is 9.82. The molecule has 0 unspecified atom stereocenters. The van der Waals surface area contributed by atoms with Crippen LogP contribution in [0.25, 0.3) is 0 Å². The fourth-order valence-corrected chi connectivity index (χ4v) is 3.76. The van der Waals surface area contributed by atoms with Crippen LogP contribution in [0.5, 0.6) is 0 Å². The van der Waals surface area contributed by atoms with Crippen molar-refractivity contribution in [2.45, 2.75) is 25.1 Å². The van der Waals surface area contributed by atoms with Gasteiger partial charge in [-0.15, -0.1) is 0 Å². The molecule has 2 fully saturated rings. The number of morpholine rings is 1. The second kappa shape index (κ2) is 8.44. The van der Waals surface area contributed by atoms with E-state index in [0.29, 0.717) is 32.0 Å². The van der Waals surface area contributed by atoms with Crippen LogP contribution >= 0.6 is 0 Å². The van der Waals surface area contributed by atoms with Crippen LogP contribution in [0.15, 0.2) is 36.7 Å². The second-order valence-corrected chi connectivity index (χ2v) is 7.31. The molecule has 6 nitrogen and oxygen atoms in total. The van der Waals surface area contributed by atoms with Gasteiger partial charge in [-0.3, -0.25) is 0 Å². The summed E-state index contributed by atoms with van der Waals surface area (Å²) in [4.78, 5) is 12.9. The van der Waals surface area contributed by atoms with E-state index in [0.717, 1.165) is 43.6 Å². The van der Waals surface area contributed by atoms with E-state index < -0.39 is 11.7 Å². The zero-order valence-electron chi connectivity index (χ0n) is 16.0. The van der Waals surface area contributed by atoms with Crippen LogP contribution in [0, 0.1) is 0 Å². The summed E-state index contributed by atoms with van der Waals surface area (Å²) in [6.07, 6.45) is -1.10. The number of piperidine rings is 1. The molecule has 2 aromatic rings. The average molecular weight is 407 g/mol. The molecular weight excluding hydrogens is 383 g/mol. The molecule has 156 valence electrons. The lowest BCUT2D eigenvalue weighted by Crippen LogP contribution is -2.39. The largest absolute Gasteiger partial charge is 0.416 e. The third-order valence-electron chi connectivity index (χ3n) is 5.37. The first-order valence-electron chi connectivity index (χ1n) is 9.82. The molecule has 4 rings (SSSR count). The number of hydrogen-bond donors (Lipinski definition) is 1. The Morgan fingerprint density at radius 3 is 2.45 bits per heavy atom. The molecule has 0 saturated carbocycles. The fourth-order valence-electron chi connectivity index (χ4n) is 3.76. The molecule has 0 radical (unpaired) electrons. The van der Waals surface area contributed by atoms with E-state index in [1.165, 1.54) is 12.1 Å². The molecule has 0 spiro atoms. The minimum Gasteiger partial charge on any atom is -0.378 e. The fraction of sp³-hybridized carbons (Fsp3) is 0.500. The maximum absolute atomic E-state index is 13.0. The van der Waals surface area contributed by atoms with E-state index >= 15 is 0 Å². The number of benzene rings is 1. The number of hydrogen-bond acceptors (Lipinski definition) is 6. The molecule has 0 amide bonds. The highest BCUT2D eigenvalue weighted by Gasteiger charge is 2.31. The predicted octanol–water partition coefficient (Wildman–Crippen LogP) is 3.41. The molecule has 1 aromatic heterocycles. The molecule has 2 saturated heterocycles. The first kappa shape index (κ1) is 19.8. The maximum Gasteiger partial charge on any atom is 0.416 e. The van der Waals surface area contributed by atoms with Crippen molar-refractivity contribution in [3.05, 3.63) is 42.2 Å². The Balaban J connectivity index is 1.35. The number of alkyl halides is 3. The molecule has 1 aromatic carbocycles. The number of anilines is 3. The van der Waals surface area contributed by atoms with E-state index in [-0.39, 0.29) is 6.04 Å². The quantitative estimate of drug-likeness (QED) is 0.838. The lowest BCUT2D eigenvalue weighted by Gasteiger charge is -2.34. The molecule has 0 atom stereocenters. The Bertz CT molecular complexity index is 818. The highest BCUT2D eigenvalue weighted by molar-refractivity contribution is 5.51. The number of nitrogens with zero attached hydrogens (tertiary/aromatic N) is 4. The van der Waals surface area contributed by atoms with Gasteiger partial charge >= 0.3 is 6.18 Å². The Labute approximate surface area is 167 Å². The smallest absolute Gasteiger partial charge is 0.378 e. The third-order valence-corrected chi connectivity index (χ3v) is 5.37. The zero-order chi connectivity index (χ0) is 20.3. The van der Waals surface area contributed by atoms with Crippen molar-refractivity contribution in [2.24, 2.45) is 0 Å². The number of ether oxygens (including phenoxy) is 1. The normalized spacial score (nSPS) is 18.7. The van der Waals surface area contributed by atoms with Gasteiger partial charge in [-0.25, -0.2) is 9.97 Å². The van der Waals surface area contributed by atoms with E-state index in [2.05, 4.69) is 20.2 Å². The van der Waals surface area contributed by atoms with Gasteiger partial charge in [-0.05, 0) is 31.0 Å². The average Bonchev–Trinajstić information content (AvgIpc) is 2.75. The Hall–Kier alpha value is -2.55. The molecule has 9 heteroatoms. The number of rotatable bonds is 4.